The molecule has 2 aliphatic rings. The van der Waals surface area contributed by atoms with Crippen LogP contribution < -0.4 is 24.3 Å². The van der Waals surface area contributed by atoms with Gasteiger partial charge in [-0.05, 0) is 48.0 Å². The van der Waals surface area contributed by atoms with Crippen molar-refractivity contribution < 1.29 is 23.7 Å². The Balaban J connectivity index is 1.33. The molecule has 3 heterocycles. The molecule has 0 atom stereocenters. The minimum absolute atomic E-state index is 0.178. The van der Waals surface area contributed by atoms with Gasteiger partial charge in [0.1, 0.15) is 0 Å². The van der Waals surface area contributed by atoms with E-state index in [1.165, 1.54) is 0 Å². The Morgan fingerprint density at radius 3 is 2.38 bits per heavy atom. The van der Waals surface area contributed by atoms with Gasteiger partial charge in [-0.15, -0.1) is 0 Å². The number of amides is 1. The summed E-state index contributed by atoms with van der Waals surface area (Å²) in [6.45, 7) is 0.791. The number of aromatic nitrogens is 1. The van der Waals surface area contributed by atoms with E-state index in [1.807, 2.05) is 66.7 Å². The summed E-state index contributed by atoms with van der Waals surface area (Å²) in [5.41, 5.74) is 3.77. The number of pyridine rings is 1. The average molecular weight is 426 g/mol. The SMILES string of the molecule is O=C(NCc1ccc2c(c1)OCO2)c1cc(-c2ccc3c(c2)OCO3)nc2ccccc12. The van der Waals surface area contributed by atoms with Gasteiger partial charge in [-0.2, -0.15) is 0 Å². The van der Waals surface area contributed by atoms with Crippen LogP contribution in [0.3, 0.4) is 0 Å². The molecule has 2 aliphatic heterocycles. The van der Waals surface area contributed by atoms with Crippen LogP contribution >= 0.6 is 0 Å². The lowest BCUT2D eigenvalue weighted by molar-refractivity contribution is 0.0952. The quantitative estimate of drug-likeness (QED) is 0.525. The monoisotopic (exact) mass is 426 g/mol. The lowest BCUT2D eigenvalue weighted by atomic mass is 10.0. The van der Waals surface area contributed by atoms with E-state index in [0.717, 1.165) is 22.0 Å². The molecule has 32 heavy (non-hydrogen) atoms. The van der Waals surface area contributed by atoms with Gasteiger partial charge in [0.2, 0.25) is 13.6 Å². The molecule has 0 unspecified atom stereocenters. The number of rotatable bonds is 4. The van der Waals surface area contributed by atoms with Gasteiger partial charge in [-0.1, -0.05) is 24.3 Å². The fraction of sp³-hybridized carbons (Fsp3) is 0.120. The number of carbonyl (C=O) groups excluding carboxylic acids is 1. The topological polar surface area (TPSA) is 78.9 Å². The van der Waals surface area contributed by atoms with Crippen LogP contribution in [0.1, 0.15) is 15.9 Å². The zero-order chi connectivity index (χ0) is 21.5. The third-order valence-corrected chi connectivity index (χ3v) is 5.52. The van der Waals surface area contributed by atoms with Crippen molar-refractivity contribution in [2.24, 2.45) is 0 Å². The minimum Gasteiger partial charge on any atom is -0.454 e. The van der Waals surface area contributed by atoms with Gasteiger partial charge >= 0.3 is 0 Å². The van der Waals surface area contributed by atoms with Crippen molar-refractivity contribution in [1.82, 2.24) is 10.3 Å². The van der Waals surface area contributed by atoms with Crippen LogP contribution in [0, 0.1) is 0 Å². The summed E-state index contributed by atoms with van der Waals surface area (Å²) in [6.07, 6.45) is 0. The predicted molar refractivity (Wildman–Crippen MR) is 117 cm³/mol. The molecule has 0 radical (unpaired) electrons. The minimum atomic E-state index is -0.178. The van der Waals surface area contributed by atoms with Crippen molar-refractivity contribution in [1.29, 1.82) is 0 Å². The third kappa shape index (κ3) is 3.24. The van der Waals surface area contributed by atoms with E-state index >= 15 is 0 Å². The van der Waals surface area contributed by atoms with Crippen LogP contribution in [0.15, 0.2) is 66.7 Å². The molecule has 0 aliphatic carbocycles. The maximum atomic E-state index is 13.2. The van der Waals surface area contributed by atoms with E-state index in [2.05, 4.69) is 5.32 Å². The maximum Gasteiger partial charge on any atom is 0.252 e. The zero-order valence-corrected chi connectivity index (χ0v) is 17.0. The molecule has 0 saturated carbocycles. The highest BCUT2D eigenvalue weighted by molar-refractivity contribution is 6.07. The summed E-state index contributed by atoms with van der Waals surface area (Å²) in [5, 5.41) is 3.80. The first-order valence-electron chi connectivity index (χ1n) is 10.2. The Hall–Kier alpha value is -4.26. The predicted octanol–water partition coefficient (Wildman–Crippen LogP) is 4.29. The third-order valence-electron chi connectivity index (χ3n) is 5.52. The Bertz CT molecular complexity index is 1370. The van der Waals surface area contributed by atoms with Crippen molar-refractivity contribution in [2.45, 2.75) is 6.54 Å². The van der Waals surface area contributed by atoms with Gasteiger partial charge in [0.05, 0.1) is 16.8 Å². The largest absolute Gasteiger partial charge is 0.454 e. The van der Waals surface area contributed by atoms with Crippen molar-refractivity contribution in [2.75, 3.05) is 13.6 Å². The molecule has 7 heteroatoms. The number of benzene rings is 3. The normalized spacial score (nSPS) is 13.4. The van der Waals surface area contributed by atoms with E-state index in [1.54, 1.807) is 0 Å². The second-order valence-corrected chi connectivity index (χ2v) is 7.51. The first-order valence-corrected chi connectivity index (χ1v) is 10.2. The molecule has 6 rings (SSSR count). The van der Waals surface area contributed by atoms with E-state index in [9.17, 15) is 4.79 Å². The summed E-state index contributed by atoms with van der Waals surface area (Å²) < 4.78 is 21.7. The number of nitrogens with one attached hydrogen (secondary N) is 1. The zero-order valence-electron chi connectivity index (χ0n) is 17.0. The van der Waals surface area contributed by atoms with Gasteiger partial charge in [-0.3, -0.25) is 4.79 Å². The highest BCUT2D eigenvalue weighted by atomic mass is 16.7. The van der Waals surface area contributed by atoms with Crippen LogP contribution in [-0.2, 0) is 6.54 Å². The molecule has 158 valence electrons. The number of ether oxygens (including phenoxy) is 4. The van der Waals surface area contributed by atoms with Gasteiger partial charge in [0, 0.05) is 17.5 Å². The molecule has 3 aromatic carbocycles. The second kappa shape index (κ2) is 7.46. The van der Waals surface area contributed by atoms with E-state index < -0.39 is 0 Å². The van der Waals surface area contributed by atoms with Gasteiger partial charge in [0.15, 0.2) is 23.0 Å². The molecule has 0 fully saturated rings. The number of hydrogen-bond donors (Lipinski definition) is 1. The van der Waals surface area contributed by atoms with Gasteiger partial charge in [0.25, 0.3) is 5.91 Å². The highest BCUT2D eigenvalue weighted by Crippen LogP contribution is 2.36. The summed E-state index contributed by atoms with van der Waals surface area (Å²) in [7, 11) is 0. The molecule has 1 aromatic heterocycles. The number of fused-ring (bicyclic) bond motifs is 3. The molecular weight excluding hydrogens is 408 g/mol. The molecule has 0 saturated heterocycles. The summed E-state index contributed by atoms with van der Waals surface area (Å²) >= 11 is 0. The van der Waals surface area contributed by atoms with Crippen molar-refractivity contribution in [3.63, 3.8) is 0 Å². The van der Waals surface area contributed by atoms with Crippen LogP contribution in [0.25, 0.3) is 22.2 Å². The number of nitrogens with zero attached hydrogens (tertiary/aromatic N) is 1. The molecular formula is C25H18N2O5. The Labute approximate surface area is 183 Å². The summed E-state index contributed by atoms with van der Waals surface area (Å²) in [6, 6.07) is 20.7. The molecule has 1 N–H and O–H groups in total. The first kappa shape index (κ1) is 18.5. The Morgan fingerprint density at radius 1 is 0.812 bits per heavy atom. The molecule has 0 bridgehead atoms. The lowest BCUT2D eigenvalue weighted by Crippen LogP contribution is -2.23. The van der Waals surface area contributed by atoms with Crippen LogP contribution in [0.5, 0.6) is 23.0 Å². The van der Waals surface area contributed by atoms with Crippen LogP contribution in [0.2, 0.25) is 0 Å². The van der Waals surface area contributed by atoms with E-state index in [0.29, 0.717) is 40.8 Å². The van der Waals surface area contributed by atoms with E-state index in [-0.39, 0.29) is 19.5 Å². The standard InChI is InChI=1S/C25H18N2O5/c28-25(26-12-15-5-7-21-23(9-15)31-13-29-21)18-11-20(27-19-4-2-1-3-17(18)19)16-6-8-22-24(10-16)32-14-30-22/h1-11H,12-14H2,(H,26,28). The molecule has 7 nitrogen and oxygen atoms in total. The summed E-state index contributed by atoms with van der Waals surface area (Å²) in [4.78, 5) is 18.0. The van der Waals surface area contributed by atoms with Crippen LogP contribution in [0.4, 0.5) is 0 Å². The van der Waals surface area contributed by atoms with Crippen molar-refractivity contribution in [3.05, 3.63) is 77.9 Å². The van der Waals surface area contributed by atoms with Gasteiger partial charge < -0.3 is 24.3 Å². The first-order chi connectivity index (χ1) is 15.7. The fourth-order valence-electron chi connectivity index (χ4n) is 3.90. The number of carbonyl (C=O) groups is 1. The van der Waals surface area contributed by atoms with E-state index in [4.69, 9.17) is 23.9 Å². The fourth-order valence-corrected chi connectivity index (χ4v) is 3.90. The Morgan fingerprint density at radius 2 is 1.53 bits per heavy atom. The maximum absolute atomic E-state index is 13.2. The van der Waals surface area contributed by atoms with Gasteiger partial charge in [-0.25, -0.2) is 4.98 Å². The van der Waals surface area contributed by atoms with Crippen LogP contribution in [-0.4, -0.2) is 24.5 Å². The number of hydrogen-bond acceptors (Lipinski definition) is 6. The molecule has 0 spiro atoms. The average Bonchev–Trinajstić information content (AvgIpc) is 3.50. The highest BCUT2D eigenvalue weighted by Gasteiger charge is 2.18. The number of para-hydroxylation sites is 1. The van der Waals surface area contributed by atoms with Crippen molar-refractivity contribution >= 4 is 16.8 Å². The lowest BCUT2D eigenvalue weighted by Gasteiger charge is -2.11. The molecule has 4 aromatic rings. The Kier molecular flexibility index (Phi) is 4.31. The van der Waals surface area contributed by atoms with Crippen molar-refractivity contribution in [3.8, 4) is 34.3 Å². The second-order valence-electron chi connectivity index (χ2n) is 7.51. The molecule has 1 amide bonds. The summed E-state index contributed by atoms with van der Waals surface area (Å²) in [5.74, 6) is 2.61. The smallest absolute Gasteiger partial charge is 0.252 e.